The molecule has 3 saturated carbocycles. The molecule has 2 aromatic carbocycles. The van der Waals surface area contributed by atoms with Crippen LogP contribution < -0.4 is 16.2 Å². The number of halogens is 1. The molecule has 11 heteroatoms. The zero-order chi connectivity index (χ0) is 32.9. The number of nitrogens with one attached hydrogen (secondary N) is 2. The molecule has 244 valence electrons. The third-order valence-electron chi connectivity index (χ3n) is 10.7. The van der Waals surface area contributed by atoms with E-state index in [-0.39, 0.29) is 35.9 Å². The first-order valence-corrected chi connectivity index (χ1v) is 16.5. The predicted octanol–water partition coefficient (Wildman–Crippen LogP) is 4.89. The lowest BCUT2D eigenvalue weighted by molar-refractivity contribution is -0.124. The van der Waals surface area contributed by atoms with Crippen molar-refractivity contribution in [1.82, 2.24) is 29.7 Å². The van der Waals surface area contributed by atoms with Gasteiger partial charge in [0, 0.05) is 37.2 Å². The summed E-state index contributed by atoms with van der Waals surface area (Å²) in [6, 6.07) is 11.9. The molecule has 47 heavy (non-hydrogen) atoms. The molecule has 2 bridgehead atoms. The van der Waals surface area contributed by atoms with Gasteiger partial charge in [0.2, 0.25) is 5.91 Å². The molecule has 8 rings (SSSR count). The van der Waals surface area contributed by atoms with E-state index in [1.165, 1.54) is 18.6 Å². The second-order valence-corrected chi connectivity index (χ2v) is 14.0. The molecule has 3 aliphatic carbocycles. The van der Waals surface area contributed by atoms with Gasteiger partial charge in [-0.1, -0.05) is 32.9 Å². The Morgan fingerprint density at radius 3 is 2.62 bits per heavy atom. The molecule has 3 heterocycles. The Hall–Kier alpha value is -4.67. The van der Waals surface area contributed by atoms with Crippen LogP contribution >= 0.6 is 0 Å². The fraction of sp³-hybridized carbons (Fsp3) is 0.444. The Morgan fingerprint density at radius 2 is 1.91 bits per heavy atom. The maximum atomic E-state index is 14.0. The van der Waals surface area contributed by atoms with Crippen molar-refractivity contribution >= 4 is 28.5 Å². The molecule has 1 amide bonds. The van der Waals surface area contributed by atoms with Gasteiger partial charge in [-0.25, -0.2) is 19.4 Å². The Bertz CT molecular complexity index is 1890. The quantitative estimate of drug-likeness (QED) is 0.229. The summed E-state index contributed by atoms with van der Waals surface area (Å²) in [5.41, 5.74) is 2.77. The molecule has 0 spiro atoms. The fourth-order valence-electron chi connectivity index (χ4n) is 7.88. The van der Waals surface area contributed by atoms with E-state index in [9.17, 15) is 14.0 Å². The molecule has 1 saturated heterocycles. The first-order chi connectivity index (χ1) is 22.6. The van der Waals surface area contributed by atoms with Crippen molar-refractivity contribution in [2.75, 3.05) is 18.4 Å². The Kier molecular flexibility index (Phi) is 8.01. The van der Waals surface area contributed by atoms with Gasteiger partial charge in [0.15, 0.2) is 11.8 Å². The topological polar surface area (TPSA) is 117 Å². The van der Waals surface area contributed by atoms with Crippen LogP contribution in [0.1, 0.15) is 46.1 Å². The number of carbonyl (C=O) groups excluding carboxylic acids is 1. The third kappa shape index (κ3) is 5.99. The number of piperazine rings is 1. The van der Waals surface area contributed by atoms with Crippen molar-refractivity contribution in [3.8, 4) is 11.5 Å². The number of guanidine groups is 1. The molecule has 0 radical (unpaired) electrons. The van der Waals surface area contributed by atoms with Gasteiger partial charge in [-0.3, -0.25) is 19.1 Å². The van der Waals surface area contributed by atoms with Gasteiger partial charge in [0.25, 0.3) is 5.56 Å². The number of aliphatic imine (C=N–C) groups is 1. The molecule has 4 fully saturated rings. The highest BCUT2D eigenvalue weighted by Gasteiger charge is 2.56. The average Bonchev–Trinajstić information content (AvgIpc) is 3.05. The second kappa shape index (κ2) is 12.2. The maximum Gasteiger partial charge on any atom is 0.261 e. The molecule has 4 aliphatic rings. The lowest BCUT2D eigenvalue weighted by Crippen LogP contribution is -2.58. The lowest BCUT2D eigenvalue weighted by Gasteiger charge is -2.61. The van der Waals surface area contributed by atoms with Gasteiger partial charge < -0.3 is 15.5 Å². The Balaban J connectivity index is 1.24. The largest absolute Gasteiger partial charge is 0.350 e. The van der Waals surface area contributed by atoms with Gasteiger partial charge >= 0.3 is 0 Å². The minimum Gasteiger partial charge on any atom is -0.350 e. The van der Waals surface area contributed by atoms with Crippen LogP contribution in [0.15, 0.2) is 70.8 Å². The molecule has 10 nitrogen and oxygen atoms in total. The van der Waals surface area contributed by atoms with Crippen LogP contribution in [-0.2, 0) is 17.8 Å². The zero-order valence-corrected chi connectivity index (χ0v) is 27.3. The summed E-state index contributed by atoms with van der Waals surface area (Å²) >= 11 is 0. The SMILES string of the molecule is C[C@H]1[C@@H](N=C(Nc2ccc3c(=O)n(CCc4ccc(F)cc4)c(-c4cnccn4)nc3c2)N2CC(=O)N[C@@H](C)C2)C[C@@H]2C[C@@H]1C2(C)C. The molecule has 4 aromatic rings. The van der Waals surface area contributed by atoms with Crippen molar-refractivity contribution in [2.24, 2.45) is 28.2 Å². The normalized spacial score (nSPS) is 25.3. The van der Waals surface area contributed by atoms with Crippen molar-refractivity contribution in [2.45, 2.75) is 65.6 Å². The van der Waals surface area contributed by atoms with Gasteiger partial charge in [0.1, 0.15) is 11.5 Å². The van der Waals surface area contributed by atoms with Crippen LogP contribution in [0.2, 0.25) is 0 Å². The number of aryl methyl sites for hydroxylation is 1. The highest BCUT2D eigenvalue weighted by Crippen LogP contribution is 2.61. The monoisotopic (exact) mass is 636 g/mol. The van der Waals surface area contributed by atoms with Crippen molar-refractivity contribution in [3.63, 3.8) is 0 Å². The summed E-state index contributed by atoms with van der Waals surface area (Å²) in [6.07, 6.45) is 7.55. The molecular weight excluding hydrogens is 595 g/mol. The highest BCUT2D eigenvalue weighted by atomic mass is 19.1. The number of rotatable bonds is 6. The number of carbonyl (C=O) groups is 1. The molecule has 1 aliphatic heterocycles. The van der Waals surface area contributed by atoms with Crippen LogP contribution in [0, 0.1) is 29.0 Å². The van der Waals surface area contributed by atoms with Crippen LogP contribution in [0.5, 0.6) is 0 Å². The number of aromatic nitrogens is 4. The summed E-state index contributed by atoms with van der Waals surface area (Å²) in [4.78, 5) is 47.5. The number of amides is 1. The minimum absolute atomic E-state index is 0.0134. The first-order valence-electron chi connectivity index (χ1n) is 16.5. The zero-order valence-electron chi connectivity index (χ0n) is 27.3. The summed E-state index contributed by atoms with van der Waals surface area (Å²) in [5, 5.41) is 7.01. The van der Waals surface area contributed by atoms with E-state index in [1.807, 2.05) is 24.0 Å². The number of benzene rings is 2. The second-order valence-electron chi connectivity index (χ2n) is 14.0. The van der Waals surface area contributed by atoms with Crippen molar-refractivity contribution in [1.29, 1.82) is 0 Å². The summed E-state index contributed by atoms with van der Waals surface area (Å²) in [6.45, 7) is 10.3. The number of hydrogen-bond donors (Lipinski definition) is 2. The standard InChI is InChI=1S/C36H41FN8O2/c1-21-19-44(20-32(46)40-21)35(43-29-16-24-15-28(22(29)2)36(24,3)4)41-26-9-10-27-30(17-26)42-33(31-18-38-12-13-39-31)45(34(27)47)14-11-23-5-7-25(37)8-6-23/h5-10,12-13,17-18,21-22,24,28-29H,11,14-16,19-20H2,1-4H3,(H,40,46)(H,41,43)/t21-,22+,24-,28-,29-/m0/s1. The van der Waals surface area contributed by atoms with Crippen molar-refractivity contribution < 1.29 is 9.18 Å². The van der Waals surface area contributed by atoms with E-state index in [4.69, 9.17) is 9.98 Å². The van der Waals surface area contributed by atoms with Crippen LogP contribution in [0.4, 0.5) is 10.1 Å². The number of fused-ring (bicyclic) bond motifs is 3. The van der Waals surface area contributed by atoms with Crippen LogP contribution in [0.25, 0.3) is 22.4 Å². The maximum absolute atomic E-state index is 14.0. The van der Waals surface area contributed by atoms with Crippen LogP contribution in [0.3, 0.4) is 0 Å². The molecular formula is C36H41FN8O2. The van der Waals surface area contributed by atoms with E-state index < -0.39 is 0 Å². The van der Waals surface area contributed by atoms with Crippen molar-refractivity contribution in [3.05, 3.63) is 82.8 Å². The van der Waals surface area contributed by atoms with E-state index in [2.05, 4.69) is 41.4 Å². The van der Waals surface area contributed by atoms with Crippen LogP contribution in [-0.4, -0.2) is 61.5 Å². The smallest absolute Gasteiger partial charge is 0.261 e. The predicted molar refractivity (Wildman–Crippen MR) is 180 cm³/mol. The number of nitrogens with zero attached hydrogens (tertiary/aromatic N) is 6. The minimum atomic E-state index is -0.303. The molecule has 0 unspecified atom stereocenters. The van der Waals surface area contributed by atoms with E-state index in [0.717, 1.165) is 17.7 Å². The first kappa shape index (κ1) is 31.0. The van der Waals surface area contributed by atoms with E-state index in [1.54, 1.807) is 41.4 Å². The highest BCUT2D eigenvalue weighted by molar-refractivity contribution is 5.98. The van der Waals surface area contributed by atoms with Gasteiger partial charge in [0.05, 0.1) is 29.7 Å². The van der Waals surface area contributed by atoms with Gasteiger partial charge in [-0.15, -0.1) is 0 Å². The fourth-order valence-corrected chi connectivity index (χ4v) is 7.88. The Labute approximate surface area is 273 Å². The number of hydrogen-bond acceptors (Lipinski definition) is 6. The molecule has 2 aromatic heterocycles. The Morgan fingerprint density at radius 1 is 1.11 bits per heavy atom. The van der Waals surface area contributed by atoms with Gasteiger partial charge in [-0.05, 0) is 85.3 Å². The summed E-state index contributed by atoms with van der Waals surface area (Å²) in [5.74, 6) is 2.46. The van der Waals surface area contributed by atoms with E-state index in [0.29, 0.717) is 71.1 Å². The van der Waals surface area contributed by atoms with E-state index >= 15 is 0 Å². The third-order valence-corrected chi connectivity index (χ3v) is 10.7. The number of anilines is 1. The summed E-state index contributed by atoms with van der Waals surface area (Å²) < 4.78 is 15.1. The molecule has 2 N–H and O–H groups in total. The average molecular weight is 637 g/mol. The summed E-state index contributed by atoms with van der Waals surface area (Å²) in [7, 11) is 0. The van der Waals surface area contributed by atoms with Gasteiger partial charge in [-0.2, -0.15) is 0 Å². The lowest BCUT2D eigenvalue weighted by atomic mass is 9.45. The molecule has 5 atom stereocenters.